The molecule has 2 aliphatic rings. The molecule has 0 radical (unpaired) electrons. The highest BCUT2D eigenvalue weighted by atomic mass is 32.2. The van der Waals surface area contributed by atoms with Crippen molar-refractivity contribution >= 4 is 35.3 Å². The summed E-state index contributed by atoms with van der Waals surface area (Å²) in [6, 6.07) is 23.4. The third-order valence-electron chi connectivity index (χ3n) is 8.00. The van der Waals surface area contributed by atoms with E-state index in [1.165, 1.54) is 35.7 Å². The fourth-order valence-electron chi connectivity index (χ4n) is 5.64. The van der Waals surface area contributed by atoms with E-state index >= 15 is 0 Å². The summed E-state index contributed by atoms with van der Waals surface area (Å²) < 4.78 is 21.1. The Hall–Kier alpha value is -4.64. The van der Waals surface area contributed by atoms with Gasteiger partial charge in [-0.2, -0.15) is 5.10 Å². The first kappa shape index (κ1) is 29.4. The molecule has 1 atom stereocenters. The van der Waals surface area contributed by atoms with Gasteiger partial charge >= 0.3 is 0 Å². The van der Waals surface area contributed by atoms with E-state index in [0.717, 1.165) is 16.7 Å². The summed E-state index contributed by atoms with van der Waals surface area (Å²) in [4.78, 5) is 44.5. The van der Waals surface area contributed by atoms with Crippen LogP contribution in [0.5, 0.6) is 5.75 Å². The summed E-state index contributed by atoms with van der Waals surface area (Å²) in [5.74, 6) is 0.464. The zero-order valence-electron chi connectivity index (χ0n) is 24.5. The molecule has 2 aliphatic heterocycles. The van der Waals surface area contributed by atoms with Gasteiger partial charge in [0.15, 0.2) is 0 Å². The molecule has 9 nitrogen and oxygen atoms in total. The van der Waals surface area contributed by atoms with Gasteiger partial charge in [-0.15, -0.1) is 11.8 Å². The van der Waals surface area contributed by atoms with Gasteiger partial charge in [-0.3, -0.25) is 19.3 Å². The Balaban J connectivity index is 1.51. The summed E-state index contributed by atoms with van der Waals surface area (Å²) in [7, 11) is 1.59. The number of nitrogens with zero attached hydrogens (tertiary/aromatic N) is 5. The third kappa shape index (κ3) is 5.79. The van der Waals surface area contributed by atoms with Crippen LogP contribution in [0.4, 0.5) is 10.2 Å². The number of amides is 3. The average Bonchev–Trinajstić information content (AvgIpc) is 3.38. The minimum atomic E-state index is -0.365. The van der Waals surface area contributed by atoms with Crippen molar-refractivity contribution in [1.29, 1.82) is 0 Å². The standard InChI is InChI=1S/C33H32FN5O4S/c1-22(40)36-16-18-37(19-17-36)28(41)20-38-29(42)21-44-32(24-8-10-25(34)11-9-24)30-31(23-6-4-3-5-7-23)35-39(33(30)38)26-12-14-27(43-2)15-13-26/h3-15,32H,16-21H2,1-2H3/t32-/m1/s1. The molecule has 44 heavy (non-hydrogen) atoms. The quantitative estimate of drug-likeness (QED) is 0.317. The van der Waals surface area contributed by atoms with E-state index in [2.05, 4.69) is 0 Å². The maximum Gasteiger partial charge on any atom is 0.242 e. The number of aromatic nitrogens is 2. The molecule has 0 unspecified atom stereocenters. The lowest BCUT2D eigenvalue weighted by atomic mass is 9.99. The predicted octanol–water partition coefficient (Wildman–Crippen LogP) is 4.55. The second kappa shape index (κ2) is 12.5. The number of thioether (sulfide) groups is 1. The topological polar surface area (TPSA) is 88.0 Å². The molecule has 6 rings (SSSR count). The van der Waals surface area contributed by atoms with Gasteiger partial charge in [0, 0.05) is 44.2 Å². The van der Waals surface area contributed by atoms with E-state index < -0.39 is 0 Å². The number of halogens is 1. The van der Waals surface area contributed by atoms with E-state index in [1.807, 2.05) is 54.6 Å². The number of fused-ring (bicyclic) bond motifs is 1. The van der Waals surface area contributed by atoms with E-state index in [1.54, 1.807) is 33.7 Å². The maximum atomic E-state index is 14.0. The van der Waals surface area contributed by atoms with Crippen LogP contribution in [0.25, 0.3) is 16.9 Å². The van der Waals surface area contributed by atoms with Gasteiger partial charge in [0.2, 0.25) is 17.7 Å². The zero-order chi connectivity index (χ0) is 30.8. The smallest absolute Gasteiger partial charge is 0.242 e. The van der Waals surface area contributed by atoms with Crippen LogP contribution < -0.4 is 9.64 Å². The zero-order valence-corrected chi connectivity index (χ0v) is 25.3. The van der Waals surface area contributed by atoms with Crippen molar-refractivity contribution in [3.05, 3.63) is 95.8 Å². The normalized spacial score (nSPS) is 16.8. The third-order valence-corrected chi connectivity index (χ3v) is 9.25. The Morgan fingerprint density at radius 2 is 1.59 bits per heavy atom. The Morgan fingerprint density at radius 1 is 0.932 bits per heavy atom. The fraction of sp³-hybridized carbons (Fsp3) is 0.273. The average molecular weight is 614 g/mol. The van der Waals surface area contributed by atoms with Gasteiger partial charge in [0.05, 0.1) is 29.5 Å². The highest BCUT2D eigenvalue weighted by molar-refractivity contribution is 8.00. The molecule has 0 bridgehead atoms. The number of hydrogen-bond donors (Lipinski definition) is 0. The summed E-state index contributed by atoms with van der Waals surface area (Å²) >= 11 is 1.43. The van der Waals surface area contributed by atoms with Crippen molar-refractivity contribution < 1.29 is 23.5 Å². The minimum absolute atomic E-state index is 0.0230. The SMILES string of the molecule is COc1ccc(-n2nc(-c3ccccc3)c3c2N(CC(=O)N2CCN(C(C)=O)CC2)C(=O)CS[C@@H]3c2ccc(F)cc2)cc1. The minimum Gasteiger partial charge on any atom is -0.497 e. The van der Waals surface area contributed by atoms with E-state index in [4.69, 9.17) is 9.84 Å². The Kier molecular flexibility index (Phi) is 8.38. The second-order valence-electron chi connectivity index (χ2n) is 10.7. The van der Waals surface area contributed by atoms with Crippen LogP contribution in [0.15, 0.2) is 78.9 Å². The van der Waals surface area contributed by atoms with Gasteiger partial charge in [0.25, 0.3) is 0 Å². The molecule has 1 fully saturated rings. The van der Waals surface area contributed by atoms with Crippen LogP contribution >= 0.6 is 11.8 Å². The summed E-state index contributed by atoms with van der Waals surface area (Å²) in [6.07, 6.45) is 0. The summed E-state index contributed by atoms with van der Waals surface area (Å²) in [6.45, 7) is 3.03. The molecule has 1 saturated heterocycles. The van der Waals surface area contributed by atoms with Gasteiger partial charge in [-0.1, -0.05) is 42.5 Å². The molecule has 1 aromatic heterocycles. The highest BCUT2D eigenvalue weighted by Gasteiger charge is 2.38. The molecule has 0 saturated carbocycles. The van der Waals surface area contributed by atoms with E-state index in [0.29, 0.717) is 49.1 Å². The largest absolute Gasteiger partial charge is 0.497 e. The molecular formula is C33H32FN5O4S. The lowest BCUT2D eigenvalue weighted by molar-refractivity contribution is -0.137. The molecule has 226 valence electrons. The number of hydrogen-bond acceptors (Lipinski definition) is 6. The van der Waals surface area contributed by atoms with Crippen molar-refractivity contribution in [2.75, 3.05) is 50.5 Å². The van der Waals surface area contributed by atoms with Crippen molar-refractivity contribution in [2.45, 2.75) is 12.2 Å². The monoisotopic (exact) mass is 613 g/mol. The molecule has 0 N–H and O–H groups in total. The lowest BCUT2D eigenvalue weighted by Gasteiger charge is -2.35. The van der Waals surface area contributed by atoms with Gasteiger partial charge in [-0.05, 0) is 42.0 Å². The van der Waals surface area contributed by atoms with Crippen LogP contribution in [-0.4, -0.2) is 82.9 Å². The van der Waals surface area contributed by atoms with Crippen LogP contribution in [-0.2, 0) is 14.4 Å². The van der Waals surface area contributed by atoms with Crippen LogP contribution in [0.2, 0.25) is 0 Å². The number of piperazine rings is 1. The Bertz CT molecular complexity index is 1670. The Labute approximate surface area is 259 Å². The molecule has 0 spiro atoms. The fourth-order valence-corrected chi connectivity index (χ4v) is 6.84. The number of carbonyl (C=O) groups excluding carboxylic acids is 3. The first-order valence-corrected chi connectivity index (χ1v) is 15.4. The molecule has 11 heteroatoms. The number of ether oxygens (including phenoxy) is 1. The van der Waals surface area contributed by atoms with Crippen molar-refractivity contribution in [3.63, 3.8) is 0 Å². The van der Waals surface area contributed by atoms with Crippen molar-refractivity contribution in [1.82, 2.24) is 19.6 Å². The van der Waals surface area contributed by atoms with E-state index in [9.17, 15) is 18.8 Å². The number of methoxy groups -OCH3 is 1. The van der Waals surface area contributed by atoms with Crippen LogP contribution in [0.3, 0.4) is 0 Å². The first-order chi connectivity index (χ1) is 21.3. The predicted molar refractivity (Wildman–Crippen MR) is 167 cm³/mol. The molecule has 3 aromatic carbocycles. The van der Waals surface area contributed by atoms with E-state index in [-0.39, 0.29) is 41.1 Å². The maximum absolute atomic E-state index is 14.0. The summed E-state index contributed by atoms with van der Waals surface area (Å²) in [5, 5.41) is 4.72. The number of benzene rings is 3. The highest BCUT2D eigenvalue weighted by Crippen LogP contribution is 2.48. The van der Waals surface area contributed by atoms with Gasteiger partial charge in [0.1, 0.15) is 23.9 Å². The number of carbonyl (C=O) groups is 3. The molecule has 3 amide bonds. The van der Waals surface area contributed by atoms with Crippen LogP contribution in [0, 0.1) is 5.82 Å². The first-order valence-electron chi connectivity index (χ1n) is 14.4. The molecular weight excluding hydrogens is 581 g/mol. The number of anilines is 1. The molecule has 3 heterocycles. The number of rotatable bonds is 6. The van der Waals surface area contributed by atoms with Crippen molar-refractivity contribution in [3.8, 4) is 22.7 Å². The Morgan fingerprint density at radius 3 is 2.23 bits per heavy atom. The second-order valence-corrected chi connectivity index (χ2v) is 11.8. The lowest BCUT2D eigenvalue weighted by Crippen LogP contribution is -2.53. The van der Waals surface area contributed by atoms with Crippen LogP contribution in [0.1, 0.15) is 23.3 Å². The van der Waals surface area contributed by atoms with Gasteiger partial charge in [-0.25, -0.2) is 9.07 Å². The van der Waals surface area contributed by atoms with Crippen molar-refractivity contribution in [2.24, 2.45) is 0 Å². The molecule has 0 aliphatic carbocycles. The summed E-state index contributed by atoms with van der Waals surface area (Å²) in [5.41, 5.74) is 3.80. The van der Waals surface area contributed by atoms with Gasteiger partial charge < -0.3 is 14.5 Å². The molecule has 4 aromatic rings.